The normalized spacial score (nSPS) is 9.71. The van der Waals surface area contributed by atoms with E-state index in [2.05, 4.69) is 53.0 Å². The van der Waals surface area contributed by atoms with E-state index >= 15 is 0 Å². The van der Waals surface area contributed by atoms with Crippen LogP contribution < -0.4 is 5.32 Å². The van der Waals surface area contributed by atoms with Crippen molar-refractivity contribution in [2.45, 2.75) is 6.92 Å². The average Bonchev–Trinajstić information content (AvgIpc) is 2.34. The number of nitrogens with zero attached hydrogens (tertiary/aromatic N) is 1. The third-order valence-corrected chi connectivity index (χ3v) is 3.61. The molecule has 2 rings (SSSR count). The van der Waals surface area contributed by atoms with Gasteiger partial charge in [0.2, 0.25) is 0 Å². The standard InChI is InChI=1S/C14H11IN2/c1-10-5-6-13(8-14(10)15)17-12-4-2-3-11(7-12)9-16/h2-8,17H,1H3. The van der Waals surface area contributed by atoms with E-state index in [9.17, 15) is 0 Å². The first-order chi connectivity index (χ1) is 8.19. The van der Waals surface area contributed by atoms with Crippen molar-refractivity contribution in [3.05, 3.63) is 57.2 Å². The van der Waals surface area contributed by atoms with Crippen LogP contribution in [-0.4, -0.2) is 0 Å². The molecule has 0 saturated heterocycles. The van der Waals surface area contributed by atoms with Crippen LogP contribution in [0, 0.1) is 21.8 Å². The predicted octanol–water partition coefficient (Wildman–Crippen LogP) is 4.21. The molecule has 0 saturated carbocycles. The highest BCUT2D eigenvalue weighted by atomic mass is 127. The Morgan fingerprint density at radius 1 is 1.12 bits per heavy atom. The molecule has 1 N–H and O–H groups in total. The number of hydrogen-bond acceptors (Lipinski definition) is 2. The molecule has 0 unspecified atom stereocenters. The fourth-order valence-electron chi connectivity index (χ4n) is 1.50. The molecule has 0 aliphatic carbocycles. The van der Waals surface area contributed by atoms with Gasteiger partial charge in [-0.3, -0.25) is 0 Å². The fourth-order valence-corrected chi connectivity index (χ4v) is 2.02. The van der Waals surface area contributed by atoms with Gasteiger partial charge in [0, 0.05) is 14.9 Å². The Balaban J connectivity index is 2.25. The Hall–Kier alpha value is -1.54. The van der Waals surface area contributed by atoms with Gasteiger partial charge in [-0.05, 0) is 65.4 Å². The first-order valence-electron chi connectivity index (χ1n) is 5.22. The van der Waals surface area contributed by atoms with Gasteiger partial charge in [0.25, 0.3) is 0 Å². The largest absolute Gasteiger partial charge is 0.355 e. The minimum absolute atomic E-state index is 0.664. The molecular formula is C14H11IN2. The molecule has 0 atom stereocenters. The summed E-state index contributed by atoms with van der Waals surface area (Å²) in [7, 11) is 0. The Kier molecular flexibility index (Phi) is 3.64. The van der Waals surface area contributed by atoms with Gasteiger partial charge in [0.15, 0.2) is 0 Å². The Morgan fingerprint density at radius 2 is 1.88 bits per heavy atom. The molecule has 0 radical (unpaired) electrons. The Bertz CT molecular complexity index is 585. The van der Waals surface area contributed by atoms with Gasteiger partial charge in [-0.15, -0.1) is 0 Å². The maximum atomic E-state index is 8.83. The van der Waals surface area contributed by atoms with Crippen molar-refractivity contribution in [3.8, 4) is 6.07 Å². The van der Waals surface area contributed by atoms with Crippen molar-refractivity contribution >= 4 is 34.0 Å². The number of benzene rings is 2. The van der Waals surface area contributed by atoms with Gasteiger partial charge >= 0.3 is 0 Å². The second-order valence-electron chi connectivity index (χ2n) is 3.78. The number of halogens is 1. The highest BCUT2D eigenvalue weighted by Gasteiger charge is 1.99. The van der Waals surface area contributed by atoms with E-state index in [-0.39, 0.29) is 0 Å². The van der Waals surface area contributed by atoms with Crippen molar-refractivity contribution in [2.75, 3.05) is 5.32 Å². The number of nitrogens with one attached hydrogen (secondary N) is 1. The fraction of sp³-hybridized carbons (Fsp3) is 0.0714. The summed E-state index contributed by atoms with van der Waals surface area (Å²) in [5, 5.41) is 12.1. The summed E-state index contributed by atoms with van der Waals surface area (Å²) in [6, 6.07) is 15.8. The maximum absolute atomic E-state index is 8.83. The molecule has 0 aromatic heterocycles. The molecule has 0 bridgehead atoms. The van der Waals surface area contributed by atoms with Crippen molar-refractivity contribution in [3.63, 3.8) is 0 Å². The molecule has 2 aromatic rings. The second-order valence-corrected chi connectivity index (χ2v) is 4.94. The maximum Gasteiger partial charge on any atom is 0.0992 e. The summed E-state index contributed by atoms with van der Waals surface area (Å²) < 4.78 is 1.23. The van der Waals surface area contributed by atoms with Gasteiger partial charge in [0.05, 0.1) is 11.6 Å². The molecule has 0 heterocycles. The Labute approximate surface area is 114 Å². The van der Waals surface area contributed by atoms with Crippen LogP contribution in [0.3, 0.4) is 0 Å². The van der Waals surface area contributed by atoms with E-state index in [1.165, 1.54) is 9.13 Å². The van der Waals surface area contributed by atoms with Gasteiger partial charge in [0.1, 0.15) is 0 Å². The summed E-state index contributed by atoms with van der Waals surface area (Å²) >= 11 is 2.31. The van der Waals surface area contributed by atoms with E-state index in [0.717, 1.165) is 11.4 Å². The van der Waals surface area contributed by atoms with Crippen molar-refractivity contribution < 1.29 is 0 Å². The molecule has 0 spiro atoms. The number of rotatable bonds is 2. The molecule has 3 heteroatoms. The zero-order valence-corrected chi connectivity index (χ0v) is 11.5. The lowest BCUT2D eigenvalue weighted by Gasteiger charge is -2.08. The number of aryl methyl sites for hydroxylation is 1. The first-order valence-corrected chi connectivity index (χ1v) is 6.30. The minimum atomic E-state index is 0.664. The minimum Gasteiger partial charge on any atom is -0.355 e. The monoisotopic (exact) mass is 334 g/mol. The van der Waals surface area contributed by atoms with Crippen LogP contribution in [0.4, 0.5) is 11.4 Å². The van der Waals surface area contributed by atoms with Crippen LogP contribution >= 0.6 is 22.6 Å². The lowest BCUT2D eigenvalue weighted by molar-refractivity contribution is 1.41. The lowest BCUT2D eigenvalue weighted by atomic mass is 10.2. The Morgan fingerprint density at radius 3 is 2.59 bits per heavy atom. The van der Waals surface area contributed by atoms with Crippen LogP contribution in [0.2, 0.25) is 0 Å². The molecule has 2 nitrogen and oxygen atoms in total. The summed E-state index contributed by atoms with van der Waals surface area (Å²) in [5.74, 6) is 0. The van der Waals surface area contributed by atoms with Crippen molar-refractivity contribution in [2.24, 2.45) is 0 Å². The van der Waals surface area contributed by atoms with Crippen molar-refractivity contribution in [1.29, 1.82) is 5.26 Å². The number of hydrogen-bond donors (Lipinski definition) is 1. The first kappa shape index (κ1) is 11.9. The molecule has 0 fully saturated rings. The molecule has 84 valence electrons. The van der Waals surface area contributed by atoms with Crippen LogP contribution in [0.25, 0.3) is 0 Å². The molecule has 0 amide bonds. The topological polar surface area (TPSA) is 35.8 Å². The highest BCUT2D eigenvalue weighted by molar-refractivity contribution is 14.1. The smallest absolute Gasteiger partial charge is 0.0992 e. The molecule has 0 aliphatic heterocycles. The van der Waals surface area contributed by atoms with Crippen molar-refractivity contribution in [1.82, 2.24) is 0 Å². The van der Waals surface area contributed by atoms with Crippen LogP contribution in [0.15, 0.2) is 42.5 Å². The lowest BCUT2D eigenvalue weighted by Crippen LogP contribution is -1.92. The quantitative estimate of drug-likeness (QED) is 0.835. The number of nitriles is 1. The van der Waals surface area contributed by atoms with Gasteiger partial charge in [-0.2, -0.15) is 5.26 Å². The van der Waals surface area contributed by atoms with Gasteiger partial charge < -0.3 is 5.32 Å². The summed E-state index contributed by atoms with van der Waals surface area (Å²) in [6.07, 6.45) is 0. The van der Waals surface area contributed by atoms with Crippen LogP contribution in [-0.2, 0) is 0 Å². The van der Waals surface area contributed by atoms with E-state index in [1.54, 1.807) is 6.07 Å². The predicted molar refractivity (Wildman–Crippen MR) is 78.3 cm³/mol. The third kappa shape index (κ3) is 2.98. The molecule has 2 aromatic carbocycles. The molecule has 17 heavy (non-hydrogen) atoms. The highest BCUT2D eigenvalue weighted by Crippen LogP contribution is 2.21. The summed E-state index contributed by atoms with van der Waals surface area (Å²) in [5.41, 5.74) is 3.90. The van der Waals surface area contributed by atoms with Crippen LogP contribution in [0.5, 0.6) is 0 Å². The second kappa shape index (κ2) is 5.19. The molecular weight excluding hydrogens is 323 g/mol. The van der Waals surface area contributed by atoms with Gasteiger partial charge in [-0.25, -0.2) is 0 Å². The zero-order valence-electron chi connectivity index (χ0n) is 9.37. The number of anilines is 2. The van der Waals surface area contributed by atoms with Crippen LogP contribution in [0.1, 0.15) is 11.1 Å². The zero-order chi connectivity index (χ0) is 12.3. The van der Waals surface area contributed by atoms with Gasteiger partial charge in [-0.1, -0.05) is 12.1 Å². The van der Waals surface area contributed by atoms with E-state index < -0.39 is 0 Å². The van der Waals surface area contributed by atoms with E-state index in [0.29, 0.717) is 5.56 Å². The average molecular weight is 334 g/mol. The SMILES string of the molecule is Cc1ccc(Nc2cccc(C#N)c2)cc1I. The van der Waals surface area contributed by atoms with E-state index in [4.69, 9.17) is 5.26 Å². The summed E-state index contributed by atoms with van der Waals surface area (Å²) in [4.78, 5) is 0. The van der Waals surface area contributed by atoms with E-state index in [1.807, 2.05) is 24.3 Å². The third-order valence-electron chi connectivity index (χ3n) is 2.45. The summed E-state index contributed by atoms with van der Waals surface area (Å²) in [6.45, 7) is 2.09. The molecule has 0 aliphatic rings.